The van der Waals surface area contributed by atoms with E-state index in [1.54, 1.807) is 0 Å². The third-order valence-corrected chi connectivity index (χ3v) is 2.88. The Labute approximate surface area is 81.6 Å². The average molecular weight is 239 g/mol. The normalized spacial score (nSPS) is 13.9. The Morgan fingerprint density at radius 2 is 2.00 bits per heavy atom. The van der Waals surface area contributed by atoms with E-state index < -0.39 is 36.8 Å². The fourth-order valence-electron chi connectivity index (χ4n) is 0.785. The first-order chi connectivity index (χ1) is 6.32. The molecule has 0 aromatic heterocycles. The lowest BCUT2D eigenvalue weighted by Crippen LogP contribution is -2.03. The van der Waals surface area contributed by atoms with Crippen LogP contribution in [0, 0.1) is 5.82 Å². The summed E-state index contributed by atoms with van der Waals surface area (Å²) < 4.78 is 63.2. The minimum atomic E-state index is -4.74. The van der Waals surface area contributed by atoms with E-state index in [0.717, 1.165) is 6.07 Å². The Balaban J connectivity index is 3.44. The molecule has 0 aliphatic heterocycles. The molecule has 0 aliphatic rings. The van der Waals surface area contributed by atoms with E-state index in [1.807, 2.05) is 0 Å². The predicted octanol–water partition coefficient (Wildman–Crippen LogP) is 0.310. The molecule has 0 spiro atoms. The maximum atomic E-state index is 12.8. The molecule has 1 rings (SSSR count). The Morgan fingerprint density at radius 3 is 2.43 bits per heavy atom. The first kappa shape index (κ1) is 11.2. The van der Waals surface area contributed by atoms with Gasteiger partial charge >= 0.3 is 0 Å². The molecule has 1 aromatic carbocycles. The molecule has 0 fully saturated rings. The topological polar surface area (TPSA) is 94.5 Å². The molecule has 1 unspecified atom stereocenters. The fraction of sp³-hybridized carbons (Fsp3) is 0. The van der Waals surface area contributed by atoms with Crippen LogP contribution in [0.5, 0.6) is 0 Å². The van der Waals surface area contributed by atoms with E-state index in [4.69, 9.17) is 4.55 Å². The maximum absolute atomic E-state index is 12.8. The van der Waals surface area contributed by atoms with Gasteiger partial charge in [0.15, 0.2) is 0 Å². The van der Waals surface area contributed by atoms with Crippen LogP contribution >= 0.6 is 0 Å². The summed E-state index contributed by atoms with van der Waals surface area (Å²) in [6.07, 6.45) is 0. The molecule has 78 valence electrons. The fourth-order valence-corrected chi connectivity index (χ4v) is 1.84. The van der Waals surface area contributed by atoms with Crippen molar-refractivity contribution in [2.45, 2.75) is 9.79 Å². The lowest BCUT2D eigenvalue weighted by atomic mass is 10.3. The van der Waals surface area contributed by atoms with Crippen molar-refractivity contribution in [2.24, 2.45) is 0 Å². The van der Waals surface area contributed by atoms with Gasteiger partial charge in [0.25, 0.3) is 10.1 Å². The largest absolute Gasteiger partial charge is 0.768 e. The van der Waals surface area contributed by atoms with Crippen LogP contribution in [-0.2, 0) is 21.2 Å². The first-order valence-electron chi connectivity index (χ1n) is 3.18. The molecular weight excluding hydrogens is 235 g/mol. The van der Waals surface area contributed by atoms with Crippen molar-refractivity contribution in [3.63, 3.8) is 0 Å². The van der Waals surface area contributed by atoms with Gasteiger partial charge in [-0.2, -0.15) is 8.42 Å². The first-order valence-corrected chi connectivity index (χ1v) is 5.70. The molecule has 14 heavy (non-hydrogen) atoms. The molecule has 0 amide bonds. The van der Waals surface area contributed by atoms with Crippen LogP contribution in [0.1, 0.15) is 0 Å². The SMILES string of the molecule is O=S([O-])c1ccc(F)c(S(=O)(=O)O)c1. The standard InChI is InChI=1S/C6H5FO5S2/c7-5-2-1-4(13(8)9)3-6(5)14(10,11)12/h1-3H,(H,8,9)(H,10,11,12)/p-1. The van der Waals surface area contributed by atoms with Crippen LogP contribution in [-0.4, -0.2) is 21.7 Å². The van der Waals surface area contributed by atoms with Crippen LogP contribution < -0.4 is 0 Å². The molecule has 1 atom stereocenters. The third-order valence-electron chi connectivity index (χ3n) is 1.37. The molecule has 0 heterocycles. The van der Waals surface area contributed by atoms with E-state index in [-0.39, 0.29) is 0 Å². The zero-order chi connectivity index (χ0) is 10.9. The smallest absolute Gasteiger partial charge is 0.297 e. The average Bonchev–Trinajstić information content (AvgIpc) is 2.02. The summed E-state index contributed by atoms with van der Waals surface area (Å²) in [5.74, 6) is -1.21. The molecule has 0 saturated heterocycles. The van der Waals surface area contributed by atoms with Crippen LogP contribution in [0.3, 0.4) is 0 Å². The third kappa shape index (κ3) is 2.35. The minimum absolute atomic E-state index is 0.418. The summed E-state index contributed by atoms with van der Waals surface area (Å²) in [5.41, 5.74) is 0. The highest BCUT2D eigenvalue weighted by Gasteiger charge is 2.16. The van der Waals surface area contributed by atoms with Gasteiger partial charge in [-0.3, -0.25) is 8.76 Å². The van der Waals surface area contributed by atoms with E-state index in [1.165, 1.54) is 0 Å². The van der Waals surface area contributed by atoms with Gasteiger partial charge in [0.05, 0.1) is 0 Å². The Hall–Kier alpha value is -0.830. The van der Waals surface area contributed by atoms with Crippen LogP contribution in [0.25, 0.3) is 0 Å². The molecule has 0 aliphatic carbocycles. The van der Waals surface area contributed by atoms with Gasteiger partial charge in [-0.15, -0.1) is 0 Å². The highest BCUT2D eigenvalue weighted by molar-refractivity contribution is 7.86. The van der Waals surface area contributed by atoms with Gasteiger partial charge in [-0.25, -0.2) is 4.39 Å². The van der Waals surface area contributed by atoms with Crippen molar-refractivity contribution in [3.8, 4) is 0 Å². The number of benzene rings is 1. The molecule has 1 N–H and O–H groups in total. The number of halogens is 1. The Kier molecular flexibility index (Phi) is 3.00. The second-order valence-electron chi connectivity index (χ2n) is 2.30. The summed E-state index contributed by atoms with van der Waals surface area (Å²) in [7, 11) is -4.74. The van der Waals surface area contributed by atoms with E-state index in [0.29, 0.717) is 12.1 Å². The zero-order valence-electron chi connectivity index (χ0n) is 6.51. The number of hydrogen-bond donors (Lipinski definition) is 1. The van der Waals surface area contributed by atoms with Crippen molar-refractivity contribution in [1.29, 1.82) is 0 Å². The second-order valence-corrected chi connectivity index (χ2v) is 4.63. The second kappa shape index (κ2) is 3.73. The molecule has 0 bridgehead atoms. The van der Waals surface area contributed by atoms with Gasteiger partial charge in [0, 0.05) is 4.90 Å². The van der Waals surface area contributed by atoms with Gasteiger partial charge in [0.2, 0.25) is 0 Å². The molecule has 8 heteroatoms. The molecule has 0 radical (unpaired) electrons. The molecular formula is C6H4FO5S2-. The van der Waals surface area contributed by atoms with Crippen molar-refractivity contribution in [2.75, 3.05) is 0 Å². The van der Waals surface area contributed by atoms with Gasteiger partial charge in [-0.05, 0) is 29.3 Å². The Morgan fingerprint density at radius 1 is 1.43 bits per heavy atom. The van der Waals surface area contributed by atoms with Crippen LogP contribution in [0.2, 0.25) is 0 Å². The predicted molar refractivity (Wildman–Crippen MR) is 43.4 cm³/mol. The molecule has 1 aromatic rings. The highest BCUT2D eigenvalue weighted by Crippen LogP contribution is 2.17. The summed E-state index contributed by atoms with van der Waals surface area (Å²) in [4.78, 5) is -1.47. The van der Waals surface area contributed by atoms with Crippen LogP contribution in [0.4, 0.5) is 4.39 Å². The lowest BCUT2D eigenvalue weighted by molar-refractivity contribution is 0.472. The minimum Gasteiger partial charge on any atom is -0.768 e. The number of hydrogen-bond acceptors (Lipinski definition) is 4. The molecule has 5 nitrogen and oxygen atoms in total. The van der Waals surface area contributed by atoms with Crippen molar-refractivity contribution < 1.29 is 26.1 Å². The van der Waals surface area contributed by atoms with E-state index >= 15 is 0 Å². The lowest BCUT2D eigenvalue weighted by Gasteiger charge is -2.06. The van der Waals surface area contributed by atoms with E-state index in [2.05, 4.69) is 0 Å². The summed E-state index contributed by atoms with van der Waals surface area (Å²) >= 11 is -2.67. The van der Waals surface area contributed by atoms with Crippen molar-refractivity contribution in [1.82, 2.24) is 0 Å². The monoisotopic (exact) mass is 239 g/mol. The van der Waals surface area contributed by atoms with Gasteiger partial charge < -0.3 is 4.55 Å². The van der Waals surface area contributed by atoms with Gasteiger partial charge in [0.1, 0.15) is 10.7 Å². The van der Waals surface area contributed by atoms with Gasteiger partial charge in [-0.1, -0.05) is 0 Å². The number of rotatable bonds is 2. The molecule has 0 saturated carbocycles. The van der Waals surface area contributed by atoms with Crippen LogP contribution in [0.15, 0.2) is 28.0 Å². The van der Waals surface area contributed by atoms with E-state index in [9.17, 15) is 21.6 Å². The summed E-state index contributed by atoms with van der Waals surface area (Å²) in [6, 6.07) is 2.06. The van der Waals surface area contributed by atoms with Crippen molar-refractivity contribution >= 4 is 21.2 Å². The summed E-state index contributed by atoms with van der Waals surface area (Å²) in [6.45, 7) is 0. The van der Waals surface area contributed by atoms with Crippen molar-refractivity contribution in [3.05, 3.63) is 24.0 Å². The summed E-state index contributed by atoms with van der Waals surface area (Å²) in [5, 5.41) is 0. The quantitative estimate of drug-likeness (QED) is 0.592. The Bertz CT molecular complexity index is 481. The maximum Gasteiger partial charge on any atom is 0.297 e. The highest BCUT2D eigenvalue weighted by atomic mass is 32.2. The zero-order valence-corrected chi connectivity index (χ0v) is 8.14.